The van der Waals surface area contributed by atoms with Crippen LogP contribution in [0.3, 0.4) is 0 Å². The van der Waals surface area contributed by atoms with Gasteiger partial charge in [-0.25, -0.2) is 0 Å². The third kappa shape index (κ3) is 3.90. The molecule has 7 heteroatoms. The van der Waals surface area contributed by atoms with Gasteiger partial charge < -0.3 is 10.2 Å². The van der Waals surface area contributed by atoms with Crippen LogP contribution in [-0.2, 0) is 0 Å². The number of thiocarbonyl (C=S) groups is 1. The van der Waals surface area contributed by atoms with Crippen LogP contribution in [0.15, 0.2) is 23.3 Å². The van der Waals surface area contributed by atoms with E-state index in [1.807, 2.05) is 6.07 Å². The Morgan fingerprint density at radius 3 is 2.73 bits per heavy atom. The van der Waals surface area contributed by atoms with Crippen molar-refractivity contribution in [3.63, 3.8) is 0 Å². The Balaban J connectivity index is 1.51. The Kier molecular flexibility index (Phi) is 5.18. The fraction of sp³-hybridized carbons (Fsp3) is 0.467. The van der Waals surface area contributed by atoms with Gasteiger partial charge in [0, 0.05) is 23.2 Å². The van der Waals surface area contributed by atoms with Gasteiger partial charge in [0.1, 0.15) is 0 Å². The monoisotopic (exact) mass is 356 g/mol. The third-order valence-electron chi connectivity index (χ3n) is 4.30. The number of piperidine rings is 3. The molecule has 3 aliphatic heterocycles. The molecule has 3 saturated heterocycles. The number of rotatable bonds is 3. The van der Waals surface area contributed by atoms with E-state index < -0.39 is 0 Å². The number of benzene rings is 1. The summed E-state index contributed by atoms with van der Waals surface area (Å²) in [6.07, 6.45) is 4.15. The van der Waals surface area contributed by atoms with Crippen molar-refractivity contribution in [2.24, 2.45) is 11.0 Å². The zero-order valence-corrected chi connectivity index (χ0v) is 14.4. The lowest BCUT2D eigenvalue weighted by molar-refractivity contribution is 0.0812. The molecular formula is C15H18Cl2N4S. The topological polar surface area (TPSA) is 39.7 Å². The van der Waals surface area contributed by atoms with Gasteiger partial charge in [0.25, 0.3) is 0 Å². The number of hydrazone groups is 1. The fourth-order valence-corrected chi connectivity index (χ4v) is 3.76. The fourth-order valence-electron chi connectivity index (χ4n) is 3.10. The zero-order valence-electron chi connectivity index (χ0n) is 12.1. The Labute approximate surface area is 145 Å². The van der Waals surface area contributed by atoms with Crippen LogP contribution in [0.2, 0.25) is 10.0 Å². The van der Waals surface area contributed by atoms with E-state index in [2.05, 4.69) is 20.7 Å². The molecule has 1 unspecified atom stereocenters. The van der Waals surface area contributed by atoms with Crippen LogP contribution < -0.4 is 10.7 Å². The van der Waals surface area contributed by atoms with E-state index in [1.165, 1.54) is 25.9 Å². The number of fused-ring (bicyclic) bond motifs is 3. The van der Waals surface area contributed by atoms with Gasteiger partial charge in [0.2, 0.25) is 0 Å². The average Bonchev–Trinajstić information content (AvgIpc) is 2.51. The molecule has 3 aliphatic rings. The van der Waals surface area contributed by atoms with Crippen LogP contribution in [-0.4, -0.2) is 41.9 Å². The lowest BCUT2D eigenvalue weighted by Crippen LogP contribution is -2.58. The smallest absolute Gasteiger partial charge is 0.187 e. The molecule has 3 fully saturated rings. The predicted molar refractivity (Wildman–Crippen MR) is 95.9 cm³/mol. The number of nitrogens with one attached hydrogen (secondary N) is 2. The van der Waals surface area contributed by atoms with Gasteiger partial charge in [-0.1, -0.05) is 29.3 Å². The normalized spacial score (nSPS) is 27.1. The van der Waals surface area contributed by atoms with E-state index in [0.29, 0.717) is 21.2 Å². The lowest BCUT2D eigenvalue weighted by Gasteiger charge is -2.45. The molecule has 2 N–H and O–H groups in total. The van der Waals surface area contributed by atoms with Crippen molar-refractivity contribution in [3.8, 4) is 0 Å². The van der Waals surface area contributed by atoms with Crippen molar-refractivity contribution in [1.82, 2.24) is 15.6 Å². The highest BCUT2D eigenvalue weighted by Gasteiger charge is 2.34. The second-order valence-electron chi connectivity index (χ2n) is 5.75. The number of halogens is 2. The number of hydrogen-bond acceptors (Lipinski definition) is 3. The first kappa shape index (κ1) is 16.0. The van der Waals surface area contributed by atoms with Crippen LogP contribution in [0.4, 0.5) is 0 Å². The van der Waals surface area contributed by atoms with Crippen molar-refractivity contribution in [3.05, 3.63) is 33.8 Å². The summed E-state index contributed by atoms with van der Waals surface area (Å²) in [4.78, 5) is 2.48. The summed E-state index contributed by atoms with van der Waals surface area (Å²) < 4.78 is 0. The SMILES string of the molecule is S=C(NN=Cc1ccc(Cl)cc1Cl)NC1CN2CCC1CC2. The first-order chi connectivity index (χ1) is 10.6. The zero-order chi connectivity index (χ0) is 15.5. The minimum atomic E-state index is 0.428. The predicted octanol–water partition coefficient (Wildman–Crippen LogP) is 2.89. The molecule has 0 saturated carbocycles. The minimum Gasteiger partial charge on any atom is -0.357 e. The summed E-state index contributed by atoms with van der Waals surface area (Å²) in [5, 5.41) is 9.24. The molecule has 0 radical (unpaired) electrons. The average molecular weight is 357 g/mol. The summed E-state index contributed by atoms with van der Waals surface area (Å²) in [5.41, 5.74) is 3.65. The molecule has 0 aromatic heterocycles. The molecule has 1 aromatic carbocycles. The first-order valence-electron chi connectivity index (χ1n) is 7.39. The highest BCUT2D eigenvalue weighted by atomic mass is 35.5. The van der Waals surface area contributed by atoms with Crippen molar-refractivity contribution >= 4 is 46.7 Å². The molecule has 118 valence electrons. The molecule has 1 atom stereocenters. The standard InChI is InChI=1S/C15H18Cl2N4S/c16-12-2-1-11(13(17)7-12)8-18-20-15(22)19-14-9-21-5-3-10(14)4-6-21/h1-2,7-8,10,14H,3-6,9H2,(H2,19,20,22). The molecule has 4 nitrogen and oxygen atoms in total. The first-order valence-corrected chi connectivity index (χ1v) is 8.55. The Morgan fingerprint density at radius 1 is 1.32 bits per heavy atom. The summed E-state index contributed by atoms with van der Waals surface area (Å²) in [6.45, 7) is 3.51. The minimum absolute atomic E-state index is 0.428. The maximum absolute atomic E-state index is 6.09. The molecule has 3 heterocycles. The van der Waals surface area contributed by atoms with Gasteiger partial charge in [-0.15, -0.1) is 0 Å². The van der Waals surface area contributed by atoms with Crippen molar-refractivity contribution in [2.75, 3.05) is 19.6 Å². The van der Waals surface area contributed by atoms with E-state index in [0.717, 1.165) is 18.0 Å². The van der Waals surface area contributed by atoms with Gasteiger partial charge in [0.05, 0.1) is 11.2 Å². The van der Waals surface area contributed by atoms with Crippen LogP contribution in [0.5, 0.6) is 0 Å². The van der Waals surface area contributed by atoms with E-state index in [-0.39, 0.29) is 0 Å². The van der Waals surface area contributed by atoms with E-state index in [9.17, 15) is 0 Å². The van der Waals surface area contributed by atoms with E-state index in [4.69, 9.17) is 35.4 Å². The van der Waals surface area contributed by atoms with Crippen LogP contribution in [0, 0.1) is 5.92 Å². The van der Waals surface area contributed by atoms with Gasteiger partial charge in [-0.3, -0.25) is 5.43 Å². The van der Waals surface area contributed by atoms with Gasteiger partial charge in [-0.2, -0.15) is 5.10 Å². The van der Waals surface area contributed by atoms with Crippen LogP contribution in [0.25, 0.3) is 0 Å². The summed E-state index contributed by atoms with van der Waals surface area (Å²) in [5.74, 6) is 0.722. The summed E-state index contributed by atoms with van der Waals surface area (Å²) >= 11 is 17.3. The molecular weight excluding hydrogens is 339 g/mol. The second-order valence-corrected chi connectivity index (χ2v) is 7.01. The summed E-state index contributed by atoms with van der Waals surface area (Å²) in [6, 6.07) is 5.71. The molecule has 0 aliphatic carbocycles. The van der Waals surface area contributed by atoms with E-state index >= 15 is 0 Å². The Morgan fingerprint density at radius 2 is 2.09 bits per heavy atom. The summed E-state index contributed by atoms with van der Waals surface area (Å²) in [7, 11) is 0. The van der Waals surface area contributed by atoms with E-state index in [1.54, 1.807) is 18.3 Å². The maximum atomic E-state index is 6.09. The Bertz CT molecular complexity index is 585. The van der Waals surface area contributed by atoms with Crippen molar-refractivity contribution in [2.45, 2.75) is 18.9 Å². The molecule has 1 aromatic rings. The molecule has 0 amide bonds. The van der Waals surface area contributed by atoms with Crippen LogP contribution in [0.1, 0.15) is 18.4 Å². The largest absolute Gasteiger partial charge is 0.357 e. The third-order valence-corrected chi connectivity index (χ3v) is 5.08. The quantitative estimate of drug-likeness (QED) is 0.496. The van der Waals surface area contributed by atoms with Crippen LogP contribution >= 0.6 is 35.4 Å². The van der Waals surface area contributed by atoms with Crippen molar-refractivity contribution in [1.29, 1.82) is 0 Å². The Hall–Kier alpha value is -0.880. The number of nitrogens with zero attached hydrogens (tertiary/aromatic N) is 2. The molecule has 4 rings (SSSR count). The highest BCUT2D eigenvalue weighted by molar-refractivity contribution is 7.80. The number of hydrogen-bond donors (Lipinski definition) is 2. The lowest BCUT2D eigenvalue weighted by atomic mass is 9.84. The van der Waals surface area contributed by atoms with Crippen molar-refractivity contribution < 1.29 is 0 Å². The van der Waals surface area contributed by atoms with Gasteiger partial charge in [0.15, 0.2) is 5.11 Å². The second kappa shape index (κ2) is 7.13. The highest BCUT2D eigenvalue weighted by Crippen LogP contribution is 2.27. The van der Waals surface area contributed by atoms with Gasteiger partial charge in [-0.05, 0) is 56.2 Å². The maximum Gasteiger partial charge on any atom is 0.187 e. The van der Waals surface area contributed by atoms with Gasteiger partial charge >= 0.3 is 0 Å². The molecule has 0 spiro atoms. The molecule has 2 bridgehead atoms. The molecule has 22 heavy (non-hydrogen) atoms.